The number of aryl methyl sites for hydroxylation is 1. The zero-order valence-electron chi connectivity index (χ0n) is 10.5. The van der Waals surface area contributed by atoms with Gasteiger partial charge in [0.2, 0.25) is 0 Å². The van der Waals surface area contributed by atoms with E-state index >= 15 is 0 Å². The highest BCUT2D eigenvalue weighted by molar-refractivity contribution is 7.13. The zero-order chi connectivity index (χ0) is 12.3. The van der Waals surface area contributed by atoms with Gasteiger partial charge in [-0.1, -0.05) is 39.0 Å². The molecule has 0 saturated carbocycles. The van der Waals surface area contributed by atoms with Crippen LogP contribution in [-0.2, 0) is 6.42 Å². The maximum atomic E-state index is 4.59. The largest absolute Gasteiger partial charge is 0.331 e. The minimum absolute atomic E-state index is 0.489. The molecule has 1 aromatic heterocycles. The molecule has 1 aromatic carbocycles. The number of nitrogens with one attached hydrogen (secondary N) is 1. The lowest BCUT2D eigenvalue weighted by Gasteiger charge is -2.07. The van der Waals surface area contributed by atoms with Crippen LogP contribution < -0.4 is 5.32 Å². The third kappa shape index (κ3) is 2.86. The average molecular weight is 246 g/mol. The molecule has 17 heavy (non-hydrogen) atoms. The zero-order valence-corrected chi connectivity index (χ0v) is 11.3. The van der Waals surface area contributed by atoms with Gasteiger partial charge in [-0.2, -0.15) is 0 Å². The molecular formula is C14H18N2S. The van der Waals surface area contributed by atoms with Crippen LogP contribution in [0.1, 0.15) is 37.9 Å². The van der Waals surface area contributed by atoms with Crippen LogP contribution >= 0.6 is 11.3 Å². The third-order valence-electron chi connectivity index (χ3n) is 2.75. The van der Waals surface area contributed by atoms with E-state index in [2.05, 4.69) is 60.7 Å². The molecule has 0 spiro atoms. The second kappa shape index (κ2) is 5.32. The molecule has 0 aliphatic rings. The van der Waals surface area contributed by atoms with E-state index < -0.39 is 0 Å². The summed E-state index contributed by atoms with van der Waals surface area (Å²) < 4.78 is 0. The van der Waals surface area contributed by atoms with Crippen molar-refractivity contribution in [3.05, 3.63) is 40.9 Å². The standard InChI is InChI=1S/C14H18N2S/c1-4-11-7-5-6-8-12(11)15-14-16-13(9-17-14)10(2)3/h5-10H,4H2,1-3H3,(H,15,16). The Balaban J connectivity index is 2.19. The SMILES string of the molecule is CCc1ccccc1Nc1nc(C(C)C)cs1. The molecule has 0 unspecified atom stereocenters. The molecule has 0 atom stereocenters. The summed E-state index contributed by atoms with van der Waals surface area (Å²) in [6.45, 7) is 6.50. The third-order valence-corrected chi connectivity index (χ3v) is 3.53. The number of para-hydroxylation sites is 1. The lowest BCUT2D eigenvalue weighted by molar-refractivity contribution is 0.834. The second-order valence-electron chi connectivity index (χ2n) is 4.37. The monoisotopic (exact) mass is 246 g/mol. The van der Waals surface area contributed by atoms with Gasteiger partial charge in [-0.15, -0.1) is 11.3 Å². The summed E-state index contributed by atoms with van der Waals surface area (Å²) in [6, 6.07) is 8.39. The Morgan fingerprint density at radius 2 is 2.06 bits per heavy atom. The van der Waals surface area contributed by atoms with Gasteiger partial charge in [0, 0.05) is 11.1 Å². The van der Waals surface area contributed by atoms with Crippen molar-refractivity contribution in [1.29, 1.82) is 0 Å². The van der Waals surface area contributed by atoms with Gasteiger partial charge in [0.15, 0.2) is 5.13 Å². The van der Waals surface area contributed by atoms with E-state index in [4.69, 9.17) is 0 Å². The summed E-state index contributed by atoms with van der Waals surface area (Å²) in [4.78, 5) is 4.59. The number of rotatable bonds is 4. The van der Waals surface area contributed by atoms with Crippen molar-refractivity contribution in [2.75, 3.05) is 5.32 Å². The van der Waals surface area contributed by atoms with Crippen LogP contribution in [0.2, 0.25) is 0 Å². The normalized spacial score (nSPS) is 10.8. The van der Waals surface area contributed by atoms with E-state index in [0.29, 0.717) is 5.92 Å². The Hall–Kier alpha value is -1.35. The van der Waals surface area contributed by atoms with E-state index in [1.165, 1.54) is 11.3 Å². The Bertz CT molecular complexity index is 488. The predicted octanol–water partition coefficient (Wildman–Crippen LogP) is 4.57. The van der Waals surface area contributed by atoms with Crippen molar-refractivity contribution >= 4 is 22.2 Å². The molecule has 0 fully saturated rings. The summed E-state index contributed by atoms with van der Waals surface area (Å²) in [5, 5.41) is 6.51. The lowest BCUT2D eigenvalue weighted by atomic mass is 10.1. The van der Waals surface area contributed by atoms with Gasteiger partial charge in [0.25, 0.3) is 0 Å². The fourth-order valence-corrected chi connectivity index (χ4v) is 2.56. The van der Waals surface area contributed by atoms with Crippen molar-refractivity contribution < 1.29 is 0 Å². The highest BCUT2D eigenvalue weighted by Crippen LogP contribution is 2.26. The molecule has 0 saturated heterocycles. The van der Waals surface area contributed by atoms with E-state index in [1.54, 1.807) is 11.3 Å². The Morgan fingerprint density at radius 3 is 2.71 bits per heavy atom. The number of benzene rings is 1. The van der Waals surface area contributed by atoms with Crippen molar-refractivity contribution in [2.45, 2.75) is 33.1 Å². The van der Waals surface area contributed by atoms with Crippen molar-refractivity contribution in [1.82, 2.24) is 4.98 Å². The number of nitrogens with zero attached hydrogens (tertiary/aromatic N) is 1. The maximum absolute atomic E-state index is 4.59. The van der Waals surface area contributed by atoms with Crippen molar-refractivity contribution in [3.8, 4) is 0 Å². The topological polar surface area (TPSA) is 24.9 Å². The van der Waals surface area contributed by atoms with Gasteiger partial charge in [-0.25, -0.2) is 4.98 Å². The minimum Gasteiger partial charge on any atom is -0.331 e. The van der Waals surface area contributed by atoms with Gasteiger partial charge in [0.05, 0.1) is 5.69 Å². The summed E-state index contributed by atoms with van der Waals surface area (Å²) in [7, 11) is 0. The van der Waals surface area contributed by atoms with Gasteiger partial charge < -0.3 is 5.32 Å². The van der Waals surface area contributed by atoms with E-state index in [-0.39, 0.29) is 0 Å². The van der Waals surface area contributed by atoms with E-state index in [1.807, 2.05) is 0 Å². The molecular weight excluding hydrogens is 228 g/mol. The van der Waals surface area contributed by atoms with E-state index in [0.717, 1.165) is 17.2 Å². The summed E-state index contributed by atoms with van der Waals surface area (Å²) in [5.41, 5.74) is 3.65. The Labute approximate surface area is 107 Å². The van der Waals surface area contributed by atoms with Crippen molar-refractivity contribution in [2.24, 2.45) is 0 Å². The minimum atomic E-state index is 0.489. The van der Waals surface area contributed by atoms with Gasteiger partial charge in [-0.05, 0) is 24.0 Å². The second-order valence-corrected chi connectivity index (χ2v) is 5.23. The van der Waals surface area contributed by atoms with Crippen LogP contribution in [0, 0.1) is 0 Å². The smallest absolute Gasteiger partial charge is 0.187 e. The van der Waals surface area contributed by atoms with Crippen LogP contribution in [0.3, 0.4) is 0 Å². The summed E-state index contributed by atoms with van der Waals surface area (Å²) >= 11 is 1.67. The van der Waals surface area contributed by atoms with Crippen molar-refractivity contribution in [3.63, 3.8) is 0 Å². The number of hydrogen-bond donors (Lipinski definition) is 1. The molecule has 0 aliphatic carbocycles. The first kappa shape index (κ1) is 12.1. The lowest BCUT2D eigenvalue weighted by Crippen LogP contribution is -1.95. The van der Waals surface area contributed by atoms with Crippen LogP contribution in [0.5, 0.6) is 0 Å². The van der Waals surface area contributed by atoms with Crippen LogP contribution in [0.25, 0.3) is 0 Å². The fraction of sp³-hybridized carbons (Fsp3) is 0.357. The van der Waals surface area contributed by atoms with Gasteiger partial charge >= 0.3 is 0 Å². The quantitative estimate of drug-likeness (QED) is 0.854. The Kier molecular flexibility index (Phi) is 3.79. The first-order chi connectivity index (χ1) is 8.20. The van der Waals surface area contributed by atoms with Gasteiger partial charge in [0.1, 0.15) is 0 Å². The molecule has 0 radical (unpaired) electrons. The number of thiazole rings is 1. The molecule has 0 bridgehead atoms. The molecule has 1 heterocycles. The molecule has 2 rings (SSSR count). The summed E-state index contributed by atoms with van der Waals surface area (Å²) in [6.07, 6.45) is 1.03. The maximum Gasteiger partial charge on any atom is 0.187 e. The highest BCUT2D eigenvalue weighted by atomic mass is 32.1. The molecule has 90 valence electrons. The number of hydrogen-bond acceptors (Lipinski definition) is 3. The first-order valence-corrected chi connectivity index (χ1v) is 6.89. The van der Waals surface area contributed by atoms with Crippen LogP contribution in [0.15, 0.2) is 29.6 Å². The molecule has 3 heteroatoms. The molecule has 1 N–H and O–H groups in total. The molecule has 2 nitrogen and oxygen atoms in total. The number of aromatic nitrogens is 1. The highest BCUT2D eigenvalue weighted by Gasteiger charge is 2.06. The summed E-state index contributed by atoms with van der Waals surface area (Å²) in [5.74, 6) is 0.489. The molecule has 0 amide bonds. The van der Waals surface area contributed by atoms with Crippen LogP contribution in [0.4, 0.5) is 10.8 Å². The molecule has 0 aliphatic heterocycles. The Morgan fingerprint density at radius 1 is 1.29 bits per heavy atom. The first-order valence-electron chi connectivity index (χ1n) is 6.01. The fourth-order valence-electron chi connectivity index (χ4n) is 1.67. The average Bonchev–Trinajstić information content (AvgIpc) is 2.78. The van der Waals surface area contributed by atoms with Crippen LogP contribution in [-0.4, -0.2) is 4.98 Å². The predicted molar refractivity (Wildman–Crippen MR) is 75.3 cm³/mol. The number of anilines is 2. The van der Waals surface area contributed by atoms with Gasteiger partial charge in [-0.3, -0.25) is 0 Å². The molecule has 2 aromatic rings. The van der Waals surface area contributed by atoms with E-state index in [9.17, 15) is 0 Å².